The number of nitrogens with two attached hydrogens (primary N) is 1. The molecule has 1 aromatic carbocycles. The zero-order valence-corrected chi connectivity index (χ0v) is 10.7. The van der Waals surface area contributed by atoms with E-state index in [1.807, 2.05) is 0 Å². The molecule has 0 radical (unpaired) electrons. The highest BCUT2D eigenvalue weighted by Gasteiger charge is 2.36. The maximum Gasteiger partial charge on any atom is 0.126 e. The predicted octanol–water partition coefficient (Wildman–Crippen LogP) is 2.92. The molecule has 1 aliphatic rings. The highest BCUT2D eigenvalue weighted by Crippen LogP contribution is 2.41. The number of rotatable bonds is 4. The van der Waals surface area contributed by atoms with Gasteiger partial charge in [0.05, 0.1) is 0 Å². The molecule has 1 unspecified atom stereocenters. The molecule has 0 spiro atoms. The van der Waals surface area contributed by atoms with Crippen molar-refractivity contribution in [3.8, 4) is 0 Å². The fourth-order valence-corrected chi connectivity index (χ4v) is 3.00. The van der Waals surface area contributed by atoms with Crippen molar-refractivity contribution in [2.45, 2.75) is 45.1 Å². The molecule has 1 fully saturated rings. The van der Waals surface area contributed by atoms with Crippen LogP contribution >= 0.6 is 0 Å². The molecule has 3 N–H and O–H groups in total. The van der Waals surface area contributed by atoms with Crippen molar-refractivity contribution in [3.63, 3.8) is 0 Å². The fourth-order valence-electron chi connectivity index (χ4n) is 3.00. The summed E-state index contributed by atoms with van der Waals surface area (Å²) in [5.74, 6) is 4.56. The van der Waals surface area contributed by atoms with Crippen molar-refractivity contribution in [2.75, 3.05) is 0 Å². The second-order valence-electron chi connectivity index (χ2n) is 5.56. The van der Waals surface area contributed by atoms with E-state index in [1.54, 1.807) is 0 Å². The molecule has 0 saturated heterocycles. The van der Waals surface area contributed by atoms with E-state index in [9.17, 15) is 8.78 Å². The Hall–Kier alpha value is -1.00. The molecule has 18 heavy (non-hydrogen) atoms. The van der Waals surface area contributed by atoms with Crippen molar-refractivity contribution in [1.29, 1.82) is 0 Å². The van der Waals surface area contributed by atoms with Crippen molar-refractivity contribution >= 4 is 0 Å². The molecule has 0 aliphatic heterocycles. The third-order valence-electron chi connectivity index (χ3n) is 4.15. The van der Waals surface area contributed by atoms with E-state index < -0.39 is 11.6 Å². The lowest BCUT2D eigenvalue weighted by molar-refractivity contribution is 0.220. The van der Waals surface area contributed by atoms with Gasteiger partial charge < -0.3 is 0 Å². The number of hydrogen-bond donors (Lipinski definition) is 2. The molecule has 0 heterocycles. The van der Waals surface area contributed by atoms with Gasteiger partial charge in [0.1, 0.15) is 11.6 Å². The van der Waals surface area contributed by atoms with E-state index in [1.165, 1.54) is 25.0 Å². The Bertz CT molecular complexity index is 394. The van der Waals surface area contributed by atoms with Crippen LogP contribution in [0.3, 0.4) is 0 Å². The first kappa shape index (κ1) is 13.4. The highest BCUT2D eigenvalue weighted by molar-refractivity contribution is 5.19. The molecule has 1 aliphatic carbocycles. The minimum absolute atomic E-state index is 0.0567. The van der Waals surface area contributed by atoms with E-state index in [-0.39, 0.29) is 11.5 Å². The topological polar surface area (TPSA) is 38.0 Å². The van der Waals surface area contributed by atoms with E-state index in [0.29, 0.717) is 12.0 Å². The minimum Gasteiger partial charge on any atom is -0.271 e. The SMILES string of the molecule is CC1(C(Cc2cc(F)cc(F)c2)NN)CCCC1. The van der Waals surface area contributed by atoms with Gasteiger partial charge in [-0.15, -0.1) is 0 Å². The van der Waals surface area contributed by atoms with Crippen LogP contribution in [0.1, 0.15) is 38.2 Å². The van der Waals surface area contributed by atoms with Gasteiger partial charge in [0.2, 0.25) is 0 Å². The molecule has 100 valence electrons. The number of hydrazine groups is 1. The number of hydrogen-bond acceptors (Lipinski definition) is 2. The monoisotopic (exact) mass is 254 g/mol. The number of benzene rings is 1. The molecular weight excluding hydrogens is 234 g/mol. The van der Waals surface area contributed by atoms with Gasteiger partial charge in [-0.3, -0.25) is 11.3 Å². The molecule has 4 heteroatoms. The van der Waals surface area contributed by atoms with Crippen molar-refractivity contribution in [3.05, 3.63) is 35.4 Å². The molecule has 0 bridgehead atoms. The van der Waals surface area contributed by atoms with Crippen LogP contribution in [0.4, 0.5) is 8.78 Å². The quantitative estimate of drug-likeness (QED) is 0.640. The van der Waals surface area contributed by atoms with Crippen LogP contribution in [0, 0.1) is 17.0 Å². The van der Waals surface area contributed by atoms with Crippen LogP contribution in [0.2, 0.25) is 0 Å². The molecule has 2 rings (SSSR count). The zero-order chi connectivity index (χ0) is 13.2. The van der Waals surface area contributed by atoms with Crippen molar-refractivity contribution in [2.24, 2.45) is 11.3 Å². The third-order valence-corrected chi connectivity index (χ3v) is 4.15. The molecule has 1 aromatic rings. The van der Waals surface area contributed by atoms with E-state index in [0.717, 1.165) is 18.9 Å². The minimum atomic E-state index is -0.530. The fraction of sp³-hybridized carbons (Fsp3) is 0.571. The first-order valence-electron chi connectivity index (χ1n) is 6.44. The normalized spacial score (nSPS) is 20.0. The molecule has 2 nitrogen and oxygen atoms in total. The number of halogens is 2. The first-order chi connectivity index (χ1) is 8.53. The third kappa shape index (κ3) is 2.87. The van der Waals surface area contributed by atoms with Crippen LogP contribution in [-0.4, -0.2) is 6.04 Å². The van der Waals surface area contributed by atoms with Crippen LogP contribution in [0.15, 0.2) is 18.2 Å². The van der Waals surface area contributed by atoms with Crippen LogP contribution < -0.4 is 11.3 Å². The smallest absolute Gasteiger partial charge is 0.126 e. The Kier molecular flexibility index (Phi) is 3.97. The Morgan fingerprint density at radius 1 is 1.22 bits per heavy atom. The average Bonchev–Trinajstić information content (AvgIpc) is 2.72. The van der Waals surface area contributed by atoms with Crippen molar-refractivity contribution in [1.82, 2.24) is 5.43 Å². The lowest BCUT2D eigenvalue weighted by Crippen LogP contribution is -2.47. The van der Waals surface area contributed by atoms with E-state index in [4.69, 9.17) is 5.84 Å². The molecule has 1 saturated carbocycles. The second kappa shape index (κ2) is 5.33. The summed E-state index contributed by atoms with van der Waals surface area (Å²) < 4.78 is 26.3. The largest absolute Gasteiger partial charge is 0.271 e. The van der Waals surface area contributed by atoms with Crippen LogP contribution in [0.25, 0.3) is 0 Å². The zero-order valence-electron chi connectivity index (χ0n) is 10.7. The van der Waals surface area contributed by atoms with Gasteiger partial charge in [0.25, 0.3) is 0 Å². The Morgan fingerprint density at radius 3 is 2.28 bits per heavy atom. The second-order valence-corrected chi connectivity index (χ2v) is 5.56. The summed E-state index contributed by atoms with van der Waals surface area (Å²) in [6.45, 7) is 2.19. The summed E-state index contributed by atoms with van der Waals surface area (Å²) in [6.07, 6.45) is 5.18. The lowest BCUT2D eigenvalue weighted by Gasteiger charge is -2.33. The summed E-state index contributed by atoms with van der Waals surface area (Å²) in [4.78, 5) is 0. The van der Waals surface area contributed by atoms with Gasteiger partial charge in [0, 0.05) is 12.1 Å². The molecule has 1 atom stereocenters. The summed E-state index contributed by atoms with van der Waals surface area (Å²) in [5.41, 5.74) is 3.61. The summed E-state index contributed by atoms with van der Waals surface area (Å²) in [7, 11) is 0. The number of nitrogens with one attached hydrogen (secondary N) is 1. The van der Waals surface area contributed by atoms with Gasteiger partial charge in [-0.25, -0.2) is 8.78 Å². The Balaban J connectivity index is 2.14. The predicted molar refractivity (Wildman–Crippen MR) is 67.7 cm³/mol. The molecule has 0 aromatic heterocycles. The van der Waals surface area contributed by atoms with Crippen LogP contribution in [-0.2, 0) is 6.42 Å². The van der Waals surface area contributed by atoms with Crippen molar-refractivity contribution < 1.29 is 8.78 Å². The van der Waals surface area contributed by atoms with Crippen LogP contribution in [0.5, 0.6) is 0 Å². The summed E-state index contributed by atoms with van der Waals surface area (Å²) in [5, 5.41) is 0. The summed E-state index contributed by atoms with van der Waals surface area (Å²) >= 11 is 0. The Morgan fingerprint density at radius 2 is 1.78 bits per heavy atom. The van der Waals surface area contributed by atoms with Gasteiger partial charge in [-0.1, -0.05) is 19.8 Å². The van der Waals surface area contributed by atoms with E-state index >= 15 is 0 Å². The first-order valence-corrected chi connectivity index (χ1v) is 6.44. The molecular formula is C14H20F2N2. The van der Waals surface area contributed by atoms with E-state index in [2.05, 4.69) is 12.3 Å². The standard InChI is InChI=1S/C14H20F2N2/c1-14(4-2-3-5-14)13(18-17)8-10-6-11(15)9-12(16)7-10/h6-7,9,13,18H,2-5,8,17H2,1H3. The maximum atomic E-state index is 13.2. The summed E-state index contributed by atoms with van der Waals surface area (Å²) in [6, 6.07) is 3.71. The van der Waals surface area contributed by atoms with Gasteiger partial charge in [-0.2, -0.15) is 0 Å². The van der Waals surface area contributed by atoms with Gasteiger partial charge in [-0.05, 0) is 42.4 Å². The van der Waals surface area contributed by atoms with Gasteiger partial charge in [0.15, 0.2) is 0 Å². The highest BCUT2D eigenvalue weighted by atomic mass is 19.1. The average molecular weight is 254 g/mol. The maximum absolute atomic E-state index is 13.2. The Labute approximate surface area is 107 Å². The van der Waals surface area contributed by atoms with Gasteiger partial charge >= 0.3 is 0 Å². The lowest BCUT2D eigenvalue weighted by atomic mass is 9.78. The molecule has 0 amide bonds.